The van der Waals surface area contributed by atoms with E-state index in [1.807, 2.05) is 39.0 Å². The van der Waals surface area contributed by atoms with Crippen LogP contribution in [0.15, 0.2) is 18.2 Å². The van der Waals surface area contributed by atoms with E-state index in [-0.39, 0.29) is 12.0 Å². The summed E-state index contributed by atoms with van der Waals surface area (Å²) in [5, 5.41) is 2.85. The zero-order valence-corrected chi connectivity index (χ0v) is 17.4. The second-order valence-corrected chi connectivity index (χ2v) is 7.88. The van der Waals surface area contributed by atoms with Crippen molar-refractivity contribution in [2.45, 2.75) is 65.3 Å². The van der Waals surface area contributed by atoms with E-state index in [4.69, 9.17) is 0 Å². The number of hydrogen-bond donors (Lipinski definition) is 1. The number of aryl methyl sites for hydroxylation is 2. The van der Waals surface area contributed by atoms with Crippen molar-refractivity contribution >= 4 is 29.4 Å². The number of carbonyl (C=O) groups is 4. The lowest BCUT2D eigenvalue weighted by Gasteiger charge is -2.34. The molecule has 0 unspecified atom stereocenters. The van der Waals surface area contributed by atoms with Crippen molar-refractivity contribution in [2.75, 3.05) is 11.9 Å². The molecule has 29 heavy (non-hydrogen) atoms. The van der Waals surface area contributed by atoms with E-state index >= 15 is 0 Å². The molecule has 1 N–H and O–H groups in total. The summed E-state index contributed by atoms with van der Waals surface area (Å²) in [7, 11) is 0. The largest absolute Gasteiger partial charge is 0.334 e. The van der Waals surface area contributed by atoms with E-state index in [1.165, 1.54) is 0 Å². The molecule has 1 saturated heterocycles. The predicted molar refractivity (Wildman–Crippen MR) is 109 cm³/mol. The molecule has 2 aliphatic rings. The fraction of sp³-hybridized carbons (Fsp3) is 0.545. The Morgan fingerprint density at radius 2 is 1.66 bits per heavy atom. The molecular formula is C22H29N3O4. The van der Waals surface area contributed by atoms with Crippen LogP contribution >= 0.6 is 0 Å². The molecule has 0 spiro atoms. The van der Waals surface area contributed by atoms with Gasteiger partial charge in [0, 0.05) is 11.7 Å². The van der Waals surface area contributed by atoms with Gasteiger partial charge in [0.05, 0.1) is 0 Å². The van der Waals surface area contributed by atoms with Crippen LogP contribution in [-0.2, 0) is 27.2 Å². The van der Waals surface area contributed by atoms with E-state index in [9.17, 15) is 19.2 Å². The van der Waals surface area contributed by atoms with Gasteiger partial charge in [-0.05, 0) is 42.7 Å². The summed E-state index contributed by atoms with van der Waals surface area (Å²) in [5.74, 6) is -2.05. The van der Waals surface area contributed by atoms with Gasteiger partial charge >= 0.3 is 17.8 Å². The number of para-hydroxylation sites is 1. The molecule has 2 atom stereocenters. The predicted octanol–water partition coefficient (Wildman–Crippen LogP) is 3.12. The lowest BCUT2D eigenvalue weighted by atomic mass is 9.85. The number of benzene rings is 1. The zero-order chi connectivity index (χ0) is 21.1. The summed E-state index contributed by atoms with van der Waals surface area (Å²) in [6.45, 7) is 5.54. The van der Waals surface area contributed by atoms with Gasteiger partial charge in [0.25, 0.3) is 0 Å². The molecule has 5 amide bonds. The first-order valence-electron chi connectivity index (χ1n) is 10.5. The maximum atomic E-state index is 12.8. The van der Waals surface area contributed by atoms with Gasteiger partial charge in [-0.2, -0.15) is 0 Å². The smallest absolute Gasteiger partial charge is 0.324 e. The quantitative estimate of drug-likeness (QED) is 0.588. The van der Waals surface area contributed by atoms with Crippen molar-refractivity contribution in [1.29, 1.82) is 0 Å². The Balaban J connectivity index is 1.75. The monoisotopic (exact) mass is 399 g/mol. The van der Waals surface area contributed by atoms with Crippen LogP contribution < -0.4 is 5.32 Å². The Morgan fingerprint density at radius 1 is 1.03 bits per heavy atom. The van der Waals surface area contributed by atoms with Crippen LogP contribution in [0.5, 0.6) is 0 Å². The van der Waals surface area contributed by atoms with Crippen molar-refractivity contribution < 1.29 is 19.2 Å². The maximum Gasteiger partial charge on any atom is 0.334 e. The molecule has 1 aromatic rings. The minimum Gasteiger partial charge on any atom is -0.324 e. The van der Waals surface area contributed by atoms with Crippen molar-refractivity contribution in [3.8, 4) is 0 Å². The van der Waals surface area contributed by atoms with E-state index < -0.39 is 30.3 Å². The minimum absolute atomic E-state index is 0.154. The van der Waals surface area contributed by atoms with E-state index in [0.29, 0.717) is 6.42 Å². The average Bonchev–Trinajstić information content (AvgIpc) is 2.92. The summed E-state index contributed by atoms with van der Waals surface area (Å²) in [6.07, 6.45) is 5.10. The number of amides is 5. The highest BCUT2D eigenvalue weighted by Crippen LogP contribution is 2.31. The van der Waals surface area contributed by atoms with Gasteiger partial charge in [0.1, 0.15) is 6.54 Å². The van der Waals surface area contributed by atoms with E-state index in [1.54, 1.807) is 0 Å². The number of imide groups is 2. The molecule has 1 saturated carbocycles. The second-order valence-electron chi connectivity index (χ2n) is 7.88. The van der Waals surface area contributed by atoms with Gasteiger partial charge < -0.3 is 5.32 Å². The van der Waals surface area contributed by atoms with Crippen molar-refractivity contribution in [2.24, 2.45) is 5.92 Å². The van der Waals surface area contributed by atoms with Crippen LogP contribution in [0.2, 0.25) is 0 Å². The summed E-state index contributed by atoms with van der Waals surface area (Å²) in [5.41, 5.74) is 2.71. The molecule has 1 aliphatic heterocycles. The van der Waals surface area contributed by atoms with Gasteiger partial charge in [0.15, 0.2) is 0 Å². The third-order valence-corrected chi connectivity index (χ3v) is 6.05. The third-order valence-electron chi connectivity index (χ3n) is 6.05. The van der Waals surface area contributed by atoms with Crippen molar-refractivity contribution in [3.05, 3.63) is 29.3 Å². The summed E-state index contributed by atoms with van der Waals surface area (Å²) < 4.78 is 0. The molecule has 7 nitrogen and oxygen atoms in total. The maximum absolute atomic E-state index is 12.8. The number of hydrogen-bond acceptors (Lipinski definition) is 4. The number of urea groups is 1. The SMILES string of the molecule is CCc1cccc(CC)c1NC(=O)CN1C(=O)C(=O)N([C@@H]2CCCC[C@@H]2C)C1=O. The van der Waals surface area contributed by atoms with Crippen molar-refractivity contribution in [1.82, 2.24) is 9.80 Å². The zero-order valence-electron chi connectivity index (χ0n) is 17.4. The highest BCUT2D eigenvalue weighted by molar-refractivity contribution is 6.45. The number of carbonyl (C=O) groups excluding carboxylic acids is 4. The van der Waals surface area contributed by atoms with E-state index in [2.05, 4.69) is 5.32 Å². The Morgan fingerprint density at radius 3 is 2.24 bits per heavy atom. The standard InChI is InChI=1S/C22H29N3O4/c1-4-15-10-8-11-16(5-2)19(15)23-18(26)13-24-20(27)21(28)25(22(24)29)17-12-7-6-9-14(17)3/h8,10-11,14,17H,4-7,9,12-13H2,1-3H3,(H,23,26)/t14-,17+/m0/s1. The molecular weight excluding hydrogens is 370 g/mol. The van der Waals surface area contributed by atoms with Crippen LogP contribution in [0.1, 0.15) is 57.6 Å². The van der Waals surface area contributed by atoms with Gasteiger partial charge in [0.2, 0.25) is 5.91 Å². The number of rotatable bonds is 6. The molecule has 7 heteroatoms. The topological polar surface area (TPSA) is 86.8 Å². The van der Waals surface area contributed by atoms with Gasteiger partial charge in [-0.15, -0.1) is 0 Å². The molecule has 1 aliphatic carbocycles. The van der Waals surface area contributed by atoms with Gasteiger partial charge in [-0.25, -0.2) is 9.69 Å². The molecule has 1 aromatic carbocycles. The lowest BCUT2D eigenvalue weighted by Crippen LogP contribution is -2.46. The fourth-order valence-corrected chi connectivity index (χ4v) is 4.36. The third kappa shape index (κ3) is 4.04. The van der Waals surface area contributed by atoms with Gasteiger partial charge in [-0.3, -0.25) is 19.3 Å². The average molecular weight is 399 g/mol. The van der Waals surface area contributed by atoms with Crippen LogP contribution in [0.4, 0.5) is 10.5 Å². The molecule has 0 bridgehead atoms. The first kappa shape index (κ1) is 21.0. The first-order chi connectivity index (χ1) is 13.9. The number of anilines is 1. The highest BCUT2D eigenvalue weighted by Gasteiger charge is 2.49. The van der Waals surface area contributed by atoms with Gasteiger partial charge in [-0.1, -0.05) is 51.8 Å². The van der Waals surface area contributed by atoms with Crippen LogP contribution in [0, 0.1) is 5.92 Å². The summed E-state index contributed by atoms with van der Waals surface area (Å²) >= 11 is 0. The Labute approximate surface area is 171 Å². The van der Waals surface area contributed by atoms with Crippen LogP contribution in [0.25, 0.3) is 0 Å². The van der Waals surface area contributed by atoms with Crippen LogP contribution in [-0.4, -0.2) is 46.1 Å². The first-order valence-corrected chi connectivity index (χ1v) is 10.5. The lowest BCUT2D eigenvalue weighted by molar-refractivity contribution is -0.145. The number of nitrogens with one attached hydrogen (secondary N) is 1. The highest BCUT2D eigenvalue weighted by atomic mass is 16.2. The molecule has 3 rings (SSSR count). The molecule has 2 fully saturated rings. The Hall–Kier alpha value is -2.70. The number of nitrogens with zero attached hydrogens (tertiary/aromatic N) is 2. The molecule has 0 radical (unpaired) electrons. The fourth-order valence-electron chi connectivity index (χ4n) is 4.36. The molecule has 0 aromatic heterocycles. The second kappa shape index (κ2) is 8.76. The van der Waals surface area contributed by atoms with E-state index in [0.717, 1.165) is 58.7 Å². The minimum atomic E-state index is -0.914. The Bertz CT molecular complexity index is 813. The van der Waals surface area contributed by atoms with Crippen LogP contribution in [0.3, 0.4) is 0 Å². The Kier molecular flexibility index (Phi) is 6.35. The molecule has 156 valence electrons. The normalized spacial score (nSPS) is 22.4. The van der Waals surface area contributed by atoms with Crippen molar-refractivity contribution in [3.63, 3.8) is 0 Å². The molecule has 1 heterocycles. The summed E-state index contributed by atoms with van der Waals surface area (Å²) in [6, 6.07) is 4.89. The summed E-state index contributed by atoms with van der Waals surface area (Å²) in [4.78, 5) is 52.3.